The van der Waals surface area contributed by atoms with Crippen molar-refractivity contribution >= 4 is 28.9 Å². The Morgan fingerprint density at radius 2 is 2.00 bits per heavy atom. The number of carboxylic acid groups (broad SMARTS) is 1. The minimum Gasteiger partial charge on any atom is -0.480 e. The van der Waals surface area contributed by atoms with Gasteiger partial charge in [-0.2, -0.15) is 0 Å². The molecule has 1 unspecified atom stereocenters. The summed E-state index contributed by atoms with van der Waals surface area (Å²) >= 11 is 1.20. The van der Waals surface area contributed by atoms with Crippen LogP contribution in [-0.2, 0) is 4.79 Å². The van der Waals surface area contributed by atoms with Crippen LogP contribution in [0.25, 0.3) is 10.6 Å². The lowest BCUT2D eigenvalue weighted by Gasteiger charge is -2.25. The quantitative estimate of drug-likeness (QED) is 0.576. The van der Waals surface area contributed by atoms with Gasteiger partial charge in [0.25, 0.3) is 11.6 Å². The fourth-order valence-corrected chi connectivity index (χ4v) is 3.08. The largest absolute Gasteiger partial charge is 0.480 e. The van der Waals surface area contributed by atoms with Crippen LogP contribution in [0.5, 0.6) is 0 Å². The van der Waals surface area contributed by atoms with Crippen LogP contribution in [-0.4, -0.2) is 32.4 Å². The van der Waals surface area contributed by atoms with Crippen LogP contribution in [0.15, 0.2) is 29.6 Å². The van der Waals surface area contributed by atoms with E-state index in [9.17, 15) is 24.8 Å². The van der Waals surface area contributed by atoms with Gasteiger partial charge >= 0.3 is 5.97 Å². The molecule has 8 nitrogen and oxygen atoms in total. The van der Waals surface area contributed by atoms with E-state index in [0.717, 1.165) is 0 Å². The SMILES string of the molecule is CCCC(C)(NC(=O)c1csc(-c2ccc([N+](=O)[O-])cc2)n1)C(=O)O. The maximum atomic E-state index is 12.3. The van der Waals surface area contributed by atoms with Crippen molar-refractivity contribution in [2.24, 2.45) is 0 Å². The Balaban J connectivity index is 2.18. The van der Waals surface area contributed by atoms with Crippen LogP contribution in [0.1, 0.15) is 37.2 Å². The first kappa shape index (κ1) is 18.5. The van der Waals surface area contributed by atoms with Crippen molar-refractivity contribution in [1.29, 1.82) is 0 Å². The molecule has 0 spiro atoms. The Bertz CT molecular complexity index is 802. The third-order valence-electron chi connectivity index (χ3n) is 3.67. The highest BCUT2D eigenvalue weighted by Crippen LogP contribution is 2.26. The van der Waals surface area contributed by atoms with E-state index < -0.39 is 22.3 Å². The van der Waals surface area contributed by atoms with Gasteiger partial charge in [-0.25, -0.2) is 9.78 Å². The van der Waals surface area contributed by atoms with Gasteiger partial charge in [0.15, 0.2) is 0 Å². The second-order valence-corrected chi connectivity index (χ2v) is 6.54. The Labute approximate surface area is 147 Å². The fourth-order valence-electron chi connectivity index (χ4n) is 2.27. The molecule has 9 heteroatoms. The molecule has 1 atom stereocenters. The number of rotatable bonds is 7. The molecule has 1 heterocycles. The lowest BCUT2D eigenvalue weighted by Crippen LogP contribution is -2.52. The highest BCUT2D eigenvalue weighted by Gasteiger charge is 2.34. The number of nitro groups is 1. The molecule has 132 valence electrons. The van der Waals surface area contributed by atoms with Gasteiger partial charge in [-0.05, 0) is 25.5 Å². The number of non-ortho nitro benzene ring substituents is 1. The number of aromatic nitrogens is 1. The van der Waals surface area contributed by atoms with Crippen molar-refractivity contribution in [3.05, 3.63) is 45.5 Å². The molecule has 0 bridgehead atoms. The third-order valence-corrected chi connectivity index (χ3v) is 4.56. The first-order valence-corrected chi connectivity index (χ1v) is 8.41. The first-order valence-electron chi connectivity index (χ1n) is 7.53. The molecule has 2 N–H and O–H groups in total. The number of carboxylic acids is 1. The summed E-state index contributed by atoms with van der Waals surface area (Å²) in [5, 5.41) is 24.6. The van der Waals surface area contributed by atoms with E-state index in [-0.39, 0.29) is 11.4 Å². The predicted molar refractivity (Wildman–Crippen MR) is 92.6 cm³/mol. The van der Waals surface area contributed by atoms with Crippen LogP contribution < -0.4 is 5.32 Å². The van der Waals surface area contributed by atoms with Crippen molar-refractivity contribution in [3.8, 4) is 10.6 Å². The zero-order valence-corrected chi connectivity index (χ0v) is 14.5. The van der Waals surface area contributed by atoms with Crippen molar-refractivity contribution in [2.75, 3.05) is 0 Å². The Kier molecular flexibility index (Phi) is 5.48. The number of carbonyl (C=O) groups is 2. The molecule has 0 aliphatic carbocycles. The van der Waals surface area contributed by atoms with Crippen molar-refractivity contribution < 1.29 is 19.6 Å². The van der Waals surface area contributed by atoms with Crippen LogP contribution in [0.3, 0.4) is 0 Å². The summed E-state index contributed by atoms with van der Waals surface area (Å²) in [6.07, 6.45) is 0.904. The maximum Gasteiger partial charge on any atom is 0.329 e. The van der Waals surface area contributed by atoms with Crippen molar-refractivity contribution in [1.82, 2.24) is 10.3 Å². The highest BCUT2D eigenvalue weighted by molar-refractivity contribution is 7.13. The molecule has 0 saturated heterocycles. The summed E-state index contributed by atoms with van der Waals surface area (Å²) in [5.41, 5.74) is -0.635. The summed E-state index contributed by atoms with van der Waals surface area (Å²) in [4.78, 5) is 38.1. The summed E-state index contributed by atoms with van der Waals surface area (Å²) in [5.74, 6) is -1.67. The van der Waals surface area contributed by atoms with Crippen molar-refractivity contribution in [2.45, 2.75) is 32.2 Å². The molecular formula is C16H17N3O5S. The Morgan fingerprint density at radius 1 is 1.36 bits per heavy atom. The van der Waals surface area contributed by atoms with Gasteiger partial charge < -0.3 is 10.4 Å². The average molecular weight is 363 g/mol. The molecule has 0 saturated carbocycles. The summed E-state index contributed by atoms with van der Waals surface area (Å²) in [6.45, 7) is 3.29. The van der Waals surface area contributed by atoms with E-state index in [0.29, 0.717) is 23.4 Å². The van der Waals surface area contributed by atoms with Gasteiger partial charge in [-0.3, -0.25) is 14.9 Å². The first-order chi connectivity index (χ1) is 11.8. The molecule has 1 amide bonds. The topological polar surface area (TPSA) is 122 Å². The molecular weight excluding hydrogens is 346 g/mol. The molecule has 2 aromatic rings. The zero-order valence-electron chi connectivity index (χ0n) is 13.7. The minimum atomic E-state index is -1.36. The number of nitrogens with one attached hydrogen (secondary N) is 1. The van der Waals surface area contributed by atoms with E-state index in [2.05, 4.69) is 10.3 Å². The standard InChI is InChI=1S/C16H17N3O5S/c1-3-8-16(2,15(21)22)18-13(20)12-9-25-14(17-12)10-4-6-11(7-5-10)19(23)24/h4-7,9H,3,8H2,1-2H3,(H,18,20)(H,21,22). The van der Waals surface area contributed by atoms with E-state index in [4.69, 9.17) is 0 Å². The van der Waals surface area contributed by atoms with Crippen LogP contribution in [0, 0.1) is 10.1 Å². The predicted octanol–water partition coefficient (Wildman–Crippen LogP) is 3.09. The third kappa shape index (κ3) is 4.18. The van der Waals surface area contributed by atoms with Crippen molar-refractivity contribution in [3.63, 3.8) is 0 Å². The number of aliphatic carboxylic acids is 1. The number of nitro benzene ring substituents is 1. The molecule has 0 radical (unpaired) electrons. The summed E-state index contributed by atoms with van der Waals surface area (Å²) < 4.78 is 0. The lowest BCUT2D eigenvalue weighted by molar-refractivity contribution is -0.384. The average Bonchev–Trinajstić information content (AvgIpc) is 3.05. The second-order valence-electron chi connectivity index (χ2n) is 5.68. The molecule has 2 rings (SSSR count). The number of hydrogen-bond acceptors (Lipinski definition) is 6. The number of benzene rings is 1. The number of thiazole rings is 1. The molecule has 25 heavy (non-hydrogen) atoms. The fraction of sp³-hybridized carbons (Fsp3) is 0.312. The molecule has 1 aromatic heterocycles. The highest BCUT2D eigenvalue weighted by atomic mass is 32.1. The van der Waals surface area contributed by atoms with Gasteiger partial charge in [0.2, 0.25) is 0 Å². The number of hydrogen-bond donors (Lipinski definition) is 2. The molecule has 0 aliphatic rings. The summed E-state index contributed by atoms with van der Waals surface area (Å²) in [6, 6.07) is 5.83. The van der Waals surface area contributed by atoms with Crippen LogP contribution in [0.4, 0.5) is 5.69 Å². The molecule has 0 fully saturated rings. The lowest BCUT2D eigenvalue weighted by atomic mass is 9.96. The zero-order chi connectivity index (χ0) is 18.6. The summed E-state index contributed by atoms with van der Waals surface area (Å²) in [7, 11) is 0. The van der Waals surface area contributed by atoms with Crippen LogP contribution in [0.2, 0.25) is 0 Å². The number of nitrogens with zero attached hydrogens (tertiary/aromatic N) is 2. The second kappa shape index (κ2) is 7.39. The monoisotopic (exact) mass is 363 g/mol. The molecule has 1 aromatic carbocycles. The van der Waals surface area contributed by atoms with Crippen LogP contribution >= 0.6 is 11.3 Å². The number of carbonyl (C=O) groups excluding carboxylic acids is 1. The van der Waals surface area contributed by atoms with Gasteiger partial charge in [0, 0.05) is 23.1 Å². The van der Waals surface area contributed by atoms with Gasteiger partial charge in [0.1, 0.15) is 16.2 Å². The van der Waals surface area contributed by atoms with E-state index in [1.807, 2.05) is 6.92 Å². The number of amides is 1. The molecule has 0 aliphatic heterocycles. The maximum absolute atomic E-state index is 12.3. The van der Waals surface area contributed by atoms with E-state index in [1.54, 1.807) is 12.1 Å². The normalized spacial score (nSPS) is 13.0. The van der Waals surface area contributed by atoms with Gasteiger partial charge in [-0.1, -0.05) is 13.3 Å². The minimum absolute atomic E-state index is 0.0323. The smallest absolute Gasteiger partial charge is 0.329 e. The van der Waals surface area contributed by atoms with E-state index in [1.165, 1.54) is 35.8 Å². The Hall–Kier alpha value is -2.81. The van der Waals surface area contributed by atoms with Gasteiger partial charge in [0.05, 0.1) is 4.92 Å². The van der Waals surface area contributed by atoms with E-state index >= 15 is 0 Å². The Morgan fingerprint density at radius 3 is 2.52 bits per heavy atom. The van der Waals surface area contributed by atoms with Gasteiger partial charge in [-0.15, -0.1) is 11.3 Å².